The molecule has 5 nitrogen and oxygen atoms in total. The first-order valence-corrected chi connectivity index (χ1v) is 8.53. The maximum atomic E-state index is 12.5. The van der Waals surface area contributed by atoms with Crippen molar-refractivity contribution in [3.05, 3.63) is 23.8 Å². The highest BCUT2D eigenvalue weighted by atomic mass is 19.3. The molecule has 0 radical (unpaired) electrons. The Labute approximate surface area is 148 Å². The van der Waals surface area contributed by atoms with Crippen molar-refractivity contribution in [1.29, 1.82) is 0 Å². The standard InChI is InChI=1S/C18H29F2N3O2/c1-6-21-18(23-13(4)12(2)3)22-10-9-14-7-8-15(24-5)16(11-14)25-17(19)20/h7-8,11-13,17H,6,9-10H2,1-5H3,(H2,21,22,23). The molecule has 2 N–H and O–H groups in total. The summed E-state index contributed by atoms with van der Waals surface area (Å²) in [6, 6.07) is 5.31. The van der Waals surface area contributed by atoms with Gasteiger partial charge in [-0.15, -0.1) is 0 Å². The van der Waals surface area contributed by atoms with Crippen LogP contribution in [0.4, 0.5) is 8.78 Å². The van der Waals surface area contributed by atoms with Crippen LogP contribution < -0.4 is 20.1 Å². The van der Waals surface area contributed by atoms with Crippen molar-refractivity contribution >= 4 is 5.96 Å². The molecule has 0 spiro atoms. The molecule has 1 aromatic rings. The minimum absolute atomic E-state index is 0.0393. The van der Waals surface area contributed by atoms with E-state index in [4.69, 9.17) is 4.74 Å². The first-order chi connectivity index (χ1) is 11.9. The Kier molecular flexibility index (Phi) is 9.02. The SMILES string of the molecule is CCNC(=NCCc1ccc(OC)c(OC(F)F)c1)NC(C)C(C)C. The smallest absolute Gasteiger partial charge is 0.387 e. The predicted octanol–water partition coefficient (Wildman–Crippen LogP) is 3.44. The lowest BCUT2D eigenvalue weighted by Crippen LogP contribution is -2.44. The lowest BCUT2D eigenvalue weighted by molar-refractivity contribution is -0.0512. The number of hydrogen-bond acceptors (Lipinski definition) is 3. The summed E-state index contributed by atoms with van der Waals surface area (Å²) in [6.45, 7) is 6.81. The van der Waals surface area contributed by atoms with E-state index in [0.29, 0.717) is 24.9 Å². The van der Waals surface area contributed by atoms with Crippen LogP contribution in [0.1, 0.15) is 33.3 Å². The lowest BCUT2D eigenvalue weighted by Gasteiger charge is -2.20. The summed E-state index contributed by atoms with van der Waals surface area (Å²) >= 11 is 0. The first kappa shape index (κ1) is 21.0. The number of benzene rings is 1. The largest absolute Gasteiger partial charge is 0.493 e. The number of rotatable bonds is 9. The Morgan fingerprint density at radius 3 is 2.48 bits per heavy atom. The van der Waals surface area contributed by atoms with Crippen LogP contribution in [0.25, 0.3) is 0 Å². The van der Waals surface area contributed by atoms with E-state index in [1.807, 2.05) is 13.0 Å². The van der Waals surface area contributed by atoms with E-state index in [9.17, 15) is 8.78 Å². The number of ether oxygens (including phenoxy) is 2. The van der Waals surface area contributed by atoms with Crippen molar-refractivity contribution < 1.29 is 18.3 Å². The van der Waals surface area contributed by atoms with Gasteiger partial charge < -0.3 is 20.1 Å². The van der Waals surface area contributed by atoms with E-state index in [0.717, 1.165) is 18.1 Å². The molecule has 0 amide bonds. The molecule has 7 heteroatoms. The van der Waals surface area contributed by atoms with Gasteiger partial charge in [-0.25, -0.2) is 0 Å². The molecule has 1 aromatic carbocycles. The number of methoxy groups -OCH3 is 1. The molecule has 25 heavy (non-hydrogen) atoms. The zero-order valence-corrected chi connectivity index (χ0v) is 15.6. The number of hydrogen-bond donors (Lipinski definition) is 2. The minimum atomic E-state index is -2.88. The Hall–Kier alpha value is -2.05. The van der Waals surface area contributed by atoms with Crippen LogP contribution in [0.3, 0.4) is 0 Å². The number of alkyl halides is 2. The van der Waals surface area contributed by atoms with Gasteiger partial charge in [0.15, 0.2) is 17.5 Å². The molecular formula is C18H29F2N3O2. The first-order valence-electron chi connectivity index (χ1n) is 8.53. The zero-order chi connectivity index (χ0) is 18.8. The normalized spacial score (nSPS) is 13.1. The topological polar surface area (TPSA) is 54.9 Å². The Bertz CT molecular complexity index is 551. The highest BCUT2D eigenvalue weighted by Crippen LogP contribution is 2.29. The second kappa shape index (κ2) is 10.7. The molecule has 1 atom stereocenters. The number of aliphatic imine (C=N–C) groups is 1. The van der Waals surface area contributed by atoms with Crippen LogP contribution >= 0.6 is 0 Å². The molecule has 0 aromatic heterocycles. The van der Waals surface area contributed by atoms with Gasteiger partial charge in [0, 0.05) is 19.1 Å². The van der Waals surface area contributed by atoms with Gasteiger partial charge in [-0.05, 0) is 43.9 Å². The van der Waals surface area contributed by atoms with Gasteiger partial charge in [0.05, 0.1) is 7.11 Å². The highest BCUT2D eigenvalue weighted by molar-refractivity contribution is 5.80. The number of guanidine groups is 1. The Balaban J connectivity index is 2.74. The average molecular weight is 357 g/mol. The molecule has 0 aliphatic heterocycles. The second-order valence-electron chi connectivity index (χ2n) is 6.05. The summed E-state index contributed by atoms with van der Waals surface area (Å²) in [4.78, 5) is 4.54. The molecule has 1 unspecified atom stereocenters. The maximum Gasteiger partial charge on any atom is 0.387 e. The van der Waals surface area contributed by atoms with Gasteiger partial charge in [0.2, 0.25) is 0 Å². The van der Waals surface area contributed by atoms with Crippen LogP contribution in [0.15, 0.2) is 23.2 Å². The predicted molar refractivity (Wildman–Crippen MR) is 96.7 cm³/mol. The summed E-state index contributed by atoms with van der Waals surface area (Å²) in [6.07, 6.45) is 0.607. The summed E-state index contributed by atoms with van der Waals surface area (Å²) in [5, 5.41) is 6.56. The average Bonchev–Trinajstić information content (AvgIpc) is 2.54. The molecule has 0 aliphatic carbocycles. The monoisotopic (exact) mass is 357 g/mol. The van der Waals surface area contributed by atoms with Gasteiger partial charge in [0.25, 0.3) is 0 Å². The molecule has 0 heterocycles. The van der Waals surface area contributed by atoms with Crippen molar-refractivity contribution in [1.82, 2.24) is 10.6 Å². The van der Waals surface area contributed by atoms with E-state index in [-0.39, 0.29) is 11.5 Å². The van der Waals surface area contributed by atoms with Crippen molar-refractivity contribution in [2.75, 3.05) is 20.2 Å². The van der Waals surface area contributed by atoms with Crippen molar-refractivity contribution in [2.24, 2.45) is 10.9 Å². The maximum absolute atomic E-state index is 12.5. The molecule has 0 saturated heterocycles. The van der Waals surface area contributed by atoms with E-state index < -0.39 is 6.61 Å². The fraction of sp³-hybridized carbons (Fsp3) is 0.611. The van der Waals surface area contributed by atoms with E-state index in [1.165, 1.54) is 7.11 Å². The third-order valence-electron chi connectivity index (χ3n) is 3.82. The van der Waals surface area contributed by atoms with Crippen molar-refractivity contribution in [3.63, 3.8) is 0 Å². The van der Waals surface area contributed by atoms with Crippen LogP contribution in [-0.4, -0.2) is 38.8 Å². The van der Waals surface area contributed by atoms with Gasteiger partial charge in [-0.3, -0.25) is 4.99 Å². The summed E-state index contributed by atoms with van der Waals surface area (Å²) < 4.78 is 34.5. The Morgan fingerprint density at radius 2 is 1.92 bits per heavy atom. The highest BCUT2D eigenvalue weighted by Gasteiger charge is 2.12. The van der Waals surface area contributed by atoms with Crippen LogP contribution in [0.5, 0.6) is 11.5 Å². The molecule has 0 bridgehead atoms. The lowest BCUT2D eigenvalue weighted by atomic mass is 10.1. The van der Waals surface area contributed by atoms with Crippen LogP contribution in [-0.2, 0) is 6.42 Å². The van der Waals surface area contributed by atoms with Gasteiger partial charge in [0.1, 0.15) is 0 Å². The quantitative estimate of drug-likeness (QED) is 0.525. The minimum Gasteiger partial charge on any atom is -0.493 e. The van der Waals surface area contributed by atoms with Crippen molar-refractivity contribution in [3.8, 4) is 11.5 Å². The van der Waals surface area contributed by atoms with Gasteiger partial charge >= 0.3 is 6.61 Å². The molecule has 142 valence electrons. The van der Waals surface area contributed by atoms with E-state index >= 15 is 0 Å². The summed E-state index contributed by atoms with van der Waals surface area (Å²) in [7, 11) is 1.42. The summed E-state index contributed by atoms with van der Waals surface area (Å²) in [5.74, 6) is 1.56. The third kappa shape index (κ3) is 7.58. The van der Waals surface area contributed by atoms with Gasteiger partial charge in [-0.2, -0.15) is 8.78 Å². The van der Waals surface area contributed by atoms with E-state index in [1.54, 1.807) is 12.1 Å². The fourth-order valence-electron chi connectivity index (χ4n) is 2.06. The molecule has 1 rings (SSSR count). The molecule has 0 fully saturated rings. The zero-order valence-electron chi connectivity index (χ0n) is 15.6. The number of halogens is 2. The number of nitrogens with one attached hydrogen (secondary N) is 2. The molecule has 0 saturated carbocycles. The van der Waals surface area contributed by atoms with Crippen molar-refractivity contribution in [2.45, 2.75) is 46.8 Å². The van der Waals surface area contributed by atoms with E-state index in [2.05, 4.69) is 41.1 Å². The fourth-order valence-corrected chi connectivity index (χ4v) is 2.06. The molecule has 0 aliphatic rings. The van der Waals surface area contributed by atoms with Crippen LogP contribution in [0, 0.1) is 5.92 Å². The number of nitrogens with zero attached hydrogens (tertiary/aromatic N) is 1. The third-order valence-corrected chi connectivity index (χ3v) is 3.82. The molecular weight excluding hydrogens is 328 g/mol. The second-order valence-corrected chi connectivity index (χ2v) is 6.05. The van der Waals surface area contributed by atoms with Crippen LogP contribution in [0.2, 0.25) is 0 Å². The van der Waals surface area contributed by atoms with Gasteiger partial charge in [-0.1, -0.05) is 19.9 Å². The summed E-state index contributed by atoms with van der Waals surface area (Å²) in [5.41, 5.74) is 0.855. The Morgan fingerprint density at radius 1 is 1.20 bits per heavy atom.